The molecule has 1 aliphatic heterocycles. The summed E-state index contributed by atoms with van der Waals surface area (Å²) in [5, 5.41) is 16.0. The SMILES string of the molecule is CO[C@H]1[C@@H](C(=O)NCc2cccc(Cl)c2F)N(C(=O)Cn2nc(C(=O)O)c3ccncc32)C[C@@H]1F. The van der Waals surface area contributed by atoms with E-state index in [9.17, 15) is 28.3 Å². The van der Waals surface area contributed by atoms with Gasteiger partial charge in [0.05, 0.1) is 23.3 Å². The number of methoxy groups -OCH3 is 1. The Morgan fingerprint density at radius 3 is 2.80 bits per heavy atom. The molecule has 1 aliphatic rings. The number of carbonyl (C=O) groups excluding carboxylic acids is 2. The Balaban J connectivity index is 1.56. The minimum Gasteiger partial charge on any atom is -0.476 e. The number of hydrogen-bond donors (Lipinski definition) is 2. The Labute approximate surface area is 202 Å². The molecule has 0 bridgehead atoms. The van der Waals surface area contributed by atoms with Crippen LogP contribution in [0.15, 0.2) is 36.7 Å². The van der Waals surface area contributed by atoms with Crippen LogP contribution in [0.3, 0.4) is 0 Å². The molecule has 0 saturated carbocycles. The fraction of sp³-hybridized carbons (Fsp3) is 0.318. The maximum absolute atomic E-state index is 14.7. The lowest BCUT2D eigenvalue weighted by atomic mass is 10.1. The third-order valence-corrected chi connectivity index (χ3v) is 6.05. The first-order valence-corrected chi connectivity index (χ1v) is 10.8. The van der Waals surface area contributed by atoms with Gasteiger partial charge < -0.3 is 20.1 Å². The van der Waals surface area contributed by atoms with Crippen molar-refractivity contribution in [2.24, 2.45) is 0 Å². The highest BCUT2D eigenvalue weighted by atomic mass is 35.5. The summed E-state index contributed by atoms with van der Waals surface area (Å²) >= 11 is 5.77. The van der Waals surface area contributed by atoms with E-state index in [1.807, 2.05) is 0 Å². The molecular weight excluding hydrogens is 488 g/mol. The third-order valence-electron chi connectivity index (χ3n) is 5.76. The summed E-state index contributed by atoms with van der Waals surface area (Å²) in [5.74, 6) is -3.43. The number of benzene rings is 1. The van der Waals surface area contributed by atoms with Crippen LogP contribution in [0.1, 0.15) is 16.1 Å². The third kappa shape index (κ3) is 4.66. The average molecular weight is 508 g/mol. The van der Waals surface area contributed by atoms with Gasteiger partial charge in [0.2, 0.25) is 11.8 Å². The molecule has 1 saturated heterocycles. The Kier molecular flexibility index (Phi) is 6.94. The molecule has 0 unspecified atom stereocenters. The van der Waals surface area contributed by atoms with E-state index in [0.717, 1.165) is 9.58 Å². The first kappa shape index (κ1) is 24.5. The van der Waals surface area contributed by atoms with Crippen molar-refractivity contribution in [3.05, 3.63) is 58.8 Å². The first-order valence-electron chi connectivity index (χ1n) is 10.4. The lowest BCUT2D eigenvalue weighted by Gasteiger charge is -2.26. The van der Waals surface area contributed by atoms with Crippen molar-refractivity contribution in [3.8, 4) is 0 Å². The van der Waals surface area contributed by atoms with Crippen molar-refractivity contribution >= 4 is 40.3 Å². The quantitative estimate of drug-likeness (QED) is 0.499. The molecule has 2 aromatic heterocycles. The minimum atomic E-state index is -1.66. The Morgan fingerprint density at radius 2 is 2.09 bits per heavy atom. The molecule has 1 fully saturated rings. The van der Waals surface area contributed by atoms with Crippen LogP contribution in [0.4, 0.5) is 8.78 Å². The molecular formula is C22H20ClF2N5O5. The van der Waals surface area contributed by atoms with Crippen LogP contribution in [-0.2, 0) is 27.4 Å². The van der Waals surface area contributed by atoms with Crippen LogP contribution in [-0.4, -0.2) is 74.5 Å². The Hall–Kier alpha value is -3.64. The number of halogens is 3. The standard InChI is InChI=1S/C22H20ClF2N5O5/c1-35-20-14(24)9-29(19(20)21(32)27-7-11-3-2-4-13(23)17(11)25)16(31)10-30-15-8-26-6-5-12(15)18(28-30)22(33)34/h2-6,8,14,19-20H,7,9-10H2,1H3,(H,27,32)(H,33,34)/t14-,19-,20+/m0/s1. The summed E-state index contributed by atoms with van der Waals surface area (Å²) in [6.45, 7) is -1.13. The molecule has 4 rings (SSSR count). The van der Waals surface area contributed by atoms with Crippen LogP contribution < -0.4 is 5.32 Å². The highest BCUT2D eigenvalue weighted by molar-refractivity contribution is 6.30. The van der Waals surface area contributed by atoms with Gasteiger partial charge in [0.25, 0.3) is 0 Å². The molecule has 13 heteroatoms. The molecule has 35 heavy (non-hydrogen) atoms. The summed E-state index contributed by atoms with van der Waals surface area (Å²) in [6.07, 6.45) is -0.170. The van der Waals surface area contributed by atoms with E-state index in [1.54, 1.807) is 0 Å². The fourth-order valence-electron chi connectivity index (χ4n) is 4.09. The number of carbonyl (C=O) groups is 3. The van der Waals surface area contributed by atoms with Gasteiger partial charge in [-0.2, -0.15) is 5.10 Å². The molecule has 0 aliphatic carbocycles. The lowest BCUT2D eigenvalue weighted by molar-refractivity contribution is -0.141. The molecule has 0 radical (unpaired) electrons. The summed E-state index contributed by atoms with van der Waals surface area (Å²) in [4.78, 5) is 42.6. The van der Waals surface area contributed by atoms with Gasteiger partial charge >= 0.3 is 5.97 Å². The van der Waals surface area contributed by atoms with Crippen LogP contribution in [0.5, 0.6) is 0 Å². The van der Waals surface area contributed by atoms with Crippen molar-refractivity contribution in [2.45, 2.75) is 31.4 Å². The van der Waals surface area contributed by atoms with Crippen molar-refractivity contribution < 1.29 is 33.0 Å². The zero-order chi connectivity index (χ0) is 25.3. The smallest absolute Gasteiger partial charge is 0.357 e. The van der Waals surface area contributed by atoms with E-state index in [1.165, 1.54) is 43.8 Å². The van der Waals surface area contributed by atoms with Crippen LogP contribution >= 0.6 is 11.6 Å². The summed E-state index contributed by atoms with van der Waals surface area (Å²) in [6, 6.07) is 4.42. The van der Waals surface area contributed by atoms with Gasteiger partial charge in [0, 0.05) is 30.8 Å². The highest BCUT2D eigenvalue weighted by Gasteiger charge is 2.48. The molecule has 0 spiro atoms. The van der Waals surface area contributed by atoms with E-state index < -0.39 is 55.0 Å². The van der Waals surface area contributed by atoms with Crippen molar-refractivity contribution in [1.29, 1.82) is 0 Å². The number of fused-ring (bicyclic) bond motifs is 1. The second-order valence-electron chi connectivity index (χ2n) is 7.84. The summed E-state index contributed by atoms with van der Waals surface area (Å²) in [5.41, 5.74) is 0.131. The molecule has 2 amide bonds. The second kappa shape index (κ2) is 9.92. The highest BCUT2D eigenvalue weighted by Crippen LogP contribution is 2.26. The number of rotatable bonds is 7. The topological polar surface area (TPSA) is 127 Å². The monoisotopic (exact) mass is 507 g/mol. The zero-order valence-electron chi connectivity index (χ0n) is 18.3. The van der Waals surface area contributed by atoms with E-state index in [-0.39, 0.29) is 33.7 Å². The number of nitrogens with zero attached hydrogens (tertiary/aromatic N) is 4. The van der Waals surface area contributed by atoms with Gasteiger partial charge in [0.1, 0.15) is 30.7 Å². The second-order valence-corrected chi connectivity index (χ2v) is 8.25. The van der Waals surface area contributed by atoms with Crippen LogP contribution in [0.25, 0.3) is 10.9 Å². The van der Waals surface area contributed by atoms with Gasteiger partial charge in [-0.1, -0.05) is 23.7 Å². The number of likely N-dealkylation sites (tertiary alicyclic amines) is 1. The number of hydrogen-bond acceptors (Lipinski definition) is 6. The van der Waals surface area contributed by atoms with E-state index in [4.69, 9.17) is 16.3 Å². The number of carboxylic acids is 1. The van der Waals surface area contributed by atoms with Crippen molar-refractivity contribution in [1.82, 2.24) is 25.0 Å². The molecule has 10 nitrogen and oxygen atoms in total. The van der Waals surface area contributed by atoms with Gasteiger partial charge in [-0.25, -0.2) is 13.6 Å². The number of amides is 2. The lowest BCUT2D eigenvalue weighted by Crippen LogP contribution is -2.51. The molecule has 1 aromatic carbocycles. The number of nitrogens with one attached hydrogen (secondary N) is 1. The zero-order valence-corrected chi connectivity index (χ0v) is 19.1. The molecule has 3 atom stereocenters. The number of aromatic carboxylic acids is 1. The van der Waals surface area contributed by atoms with Gasteiger partial charge in [-0.05, 0) is 12.1 Å². The normalized spacial score (nSPS) is 19.8. The number of alkyl halides is 1. The first-order chi connectivity index (χ1) is 16.7. The minimum absolute atomic E-state index is 0.115. The number of pyridine rings is 1. The Morgan fingerprint density at radius 1 is 1.31 bits per heavy atom. The van der Waals surface area contributed by atoms with E-state index >= 15 is 0 Å². The van der Waals surface area contributed by atoms with Crippen molar-refractivity contribution in [2.75, 3.05) is 13.7 Å². The Bertz CT molecular complexity index is 1300. The molecule has 184 valence electrons. The van der Waals surface area contributed by atoms with Gasteiger partial charge in [-0.3, -0.25) is 19.3 Å². The van der Waals surface area contributed by atoms with Gasteiger partial charge in [0.15, 0.2) is 5.69 Å². The molecule has 2 N–H and O–H groups in total. The van der Waals surface area contributed by atoms with Crippen molar-refractivity contribution in [3.63, 3.8) is 0 Å². The maximum Gasteiger partial charge on any atom is 0.357 e. The predicted octanol–water partition coefficient (Wildman–Crippen LogP) is 1.80. The summed E-state index contributed by atoms with van der Waals surface area (Å²) < 4.78 is 35.2. The molecule has 3 heterocycles. The number of carboxylic acid groups (broad SMARTS) is 1. The fourth-order valence-corrected chi connectivity index (χ4v) is 4.29. The van der Waals surface area contributed by atoms with E-state index in [2.05, 4.69) is 15.4 Å². The largest absolute Gasteiger partial charge is 0.476 e. The average Bonchev–Trinajstić information content (AvgIpc) is 3.37. The van der Waals surface area contributed by atoms with Crippen LogP contribution in [0.2, 0.25) is 5.02 Å². The molecule has 3 aromatic rings. The predicted molar refractivity (Wildman–Crippen MR) is 119 cm³/mol. The van der Waals surface area contributed by atoms with E-state index in [0.29, 0.717) is 0 Å². The summed E-state index contributed by atoms with van der Waals surface area (Å²) in [7, 11) is 1.22. The number of ether oxygens (including phenoxy) is 1. The maximum atomic E-state index is 14.7. The van der Waals surface area contributed by atoms with Crippen LogP contribution in [0, 0.1) is 5.82 Å². The number of aromatic nitrogens is 3. The van der Waals surface area contributed by atoms with Gasteiger partial charge in [-0.15, -0.1) is 0 Å².